The molecule has 1 amide bonds. The van der Waals surface area contributed by atoms with Crippen LogP contribution in [0.25, 0.3) is 0 Å². The van der Waals surface area contributed by atoms with E-state index in [0.717, 1.165) is 18.5 Å². The van der Waals surface area contributed by atoms with Crippen LogP contribution in [0.4, 0.5) is 5.69 Å². The van der Waals surface area contributed by atoms with Crippen LogP contribution in [-0.4, -0.2) is 19.1 Å². The van der Waals surface area contributed by atoms with E-state index in [1.54, 1.807) is 12.1 Å². The van der Waals surface area contributed by atoms with Crippen molar-refractivity contribution in [3.8, 4) is 5.75 Å². The Morgan fingerprint density at radius 3 is 2.70 bits per heavy atom. The second-order valence-corrected chi connectivity index (χ2v) is 4.77. The first-order valence-corrected chi connectivity index (χ1v) is 6.97. The summed E-state index contributed by atoms with van der Waals surface area (Å²) in [6, 6.07) is 7.32. The number of anilines is 1. The van der Waals surface area contributed by atoms with E-state index in [-0.39, 0.29) is 5.91 Å². The zero-order valence-electron chi connectivity index (χ0n) is 12.3. The first kappa shape index (κ1) is 16.2. The van der Waals surface area contributed by atoms with Crippen LogP contribution in [0.2, 0.25) is 0 Å². The largest absolute Gasteiger partial charge is 0.489 e. The summed E-state index contributed by atoms with van der Waals surface area (Å²) in [6.45, 7) is 8.36. The first-order valence-electron chi connectivity index (χ1n) is 6.97. The molecule has 0 heterocycles. The number of carbonyl (C=O) groups is 1. The van der Waals surface area contributed by atoms with Crippen LogP contribution in [0.1, 0.15) is 26.7 Å². The van der Waals surface area contributed by atoms with Crippen molar-refractivity contribution in [1.29, 1.82) is 0 Å². The molecular weight excluding hydrogens is 252 g/mol. The molecule has 0 aliphatic heterocycles. The molecule has 0 radical (unpaired) electrons. The molecule has 0 fully saturated rings. The van der Waals surface area contributed by atoms with Crippen molar-refractivity contribution in [2.24, 2.45) is 11.1 Å². The van der Waals surface area contributed by atoms with Gasteiger partial charge in [0, 0.05) is 18.3 Å². The molecule has 0 saturated carbocycles. The Hall–Kier alpha value is -1.81. The van der Waals surface area contributed by atoms with Crippen molar-refractivity contribution in [2.45, 2.75) is 26.7 Å². The Morgan fingerprint density at radius 1 is 1.45 bits per heavy atom. The lowest BCUT2D eigenvalue weighted by Gasteiger charge is -2.28. The molecule has 0 aliphatic carbocycles. The predicted molar refractivity (Wildman–Crippen MR) is 82.8 cm³/mol. The van der Waals surface area contributed by atoms with E-state index in [2.05, 4.69) is 11.9 Å². The molecule has 1 rings (SSSR count). The average Bonchev–Trinajstić information content (AvgIpc) is 2.48. The maximum atomic E-state index is 12.4. The van der Waals surface area contributed by atoms with Crippen LogP contribution < -0.4 is 15.8 Å². The summed E-state index contributed by atoms with van der Waals surface area (Å²) in [5.41, 5.74) is 6.00. The molecule has 1 aromatic rings. The summed E-state index contributed by atoms with van der Waals surface area (Å²) in [5, 5.41) is 2.93. The molecule has 4 nitrogen and oxygen atoms in total. The van der Waals surface area contributed by atoms with Gasteiger partial charge in [-0.15, -0.1) is 0 Å². The summed E-state index contributed by atoms with van der Waals surface area (Å²) in [4.78, 5) is 12.4. The van der Waals surface area contributed by atoms with Gasteiger partial charge in [0.15, 0.2) is 0 Å². The minimum atomic E-state index is -0.502. The van der Waals surface area contributed by atoms with Gasteiger partial charge < -0.3 is 15.8 Å². The minimum Gasteiger partial charge on any atom is -0.489 e. The average molecular weight is 276 g/mol. The van der Waals surface area contributed by atoms with E-state index in [0.29, 0.717) is 18.9 Å². The number of nitrogens with one attached hydrogen (secondary N) is 1. The Kier molecular flexibility index (Phi) is 6.25. The van der Waals surface area contributed by atoms with Gasteiger partial charge in [0.1, 0.15) is 12.4 Å². The molecule has 1 aromatic carbocycles. The lowest BCUT2D eigenvalue weighted by atomic mass is 9.81. The fraction of sp³-hybridized carbons (Fsp3) is 0.438. The van der Waals surface area contributed by atoms with E-state index in [1.165, 1.54) is 0 Å². The van der Waals surface area contributed by atoms with Crippen LogP contribution in [-0.2, 0) is 4.79 Å². The van der Waals surface area contributed by atoms with E-state index >= 15 is 0 Å². The molecule has 0 spiro atoms. The van der Waals surface area contributed by atoms with Crippen molar-refractivity contribution in [1.82, 2.24) is 0 Å². The van der Waals surface area contributed by atoms with Gasteiger partial charge in [0.25, 0.3) is 0 Å². The van der Waals surface area contributed by atoms with Gasteiger partial charge in [-0.1, -0.05) is 32.6 Å². The number of hydrogen-bond acceptors (Lipinski definition) is 3. The number of hydrogen-bond donors (Lipinski definition) is 2. The second-order valence-electron chi connectivity index (χ2n) is 4.77. The highest BCUT2D eigenvalue weighted by Crippen LogP contribution is 2.27. The number of amides is 1. The number of nitrogens with two attached hydrogens (primary N) is 1. The summed E-state index contributed by atoms with van der Waals surface area (Å²) in [6.07, 6.45) is 3.12. The number of benzene rings is 1. The van der Waals surface area contributed by atoms with Crippen LogP contribution in [0.5, 0.6) is 5.75 Å². The zero-order valence-corrected chi connectivity index (χ0v) is 12.3. The van der Waals surface area contributed by atoms with E-state index < -0.39 is 5.41 Å². The Balaban J connectivity index is 2.81. The maximum Gasteiger partial charge on any atom is 0.231 e. The summed E-state index contributed by atoms with van der Waals surface area (Å²) in [7, 11) is 0. The van der Waals surface area contributed by atoms with Gasteiger partial charge in [0.2, 0.25) is 5.91 Å². The standard InChI is InChI=1S/C16H24N2O2/c1-4-10-20-14-9-7-8-13(11-14)18-15(19)16(5-2,6-3)12-17/h4,7-9,11H,1,5-6,10,12,17H2,2-3H3,(H,18,19). The molecule has 0 unspecified atom stereocenters. The molecular formula is C16H24N2O2. The molecule has 3 N–H and O–H groups in total. The highest BCUT2D eigenvalue weighted by Gasteiger charge is 2.33. The highest BCUT2D eigenvalue weighted by atomic mass is 16.5. The van der Waals surface area contributed by atoms with Gasteiger partial charge in [0.05, 0.1) is 5.41 Å². The fourth-order valence-corrected chi connectivity index (χ4v) is 2.03. The molecule has 0 aliphatic rings. The van der Waals surface area contributed by atoms with Crippen molar-refractivity contribution in [3.63, 3.8) is 0 Å². The van der Waals surface area contributed by atoms with Gasteiger partial charge in [-0.25, -0.2) is 0 Å². The van der Waals surface area contributed by atoms with Crippen molar-refractivity contribution >= 4 is 11.6 Å². The predicted octanol–water partition coefficient (Wildman–Crippen LogP) is 2.96. The topological polar surface area (TPSA) is 64.3 Å². The van der Waals surface area contributed by atoms with Gasteiger partial charge in [-0.3, -0.25) is 4.79 Å². The van der Waals surface area contributed by atoms with Crippen molar-refractivity contribution < 1.29 is 9.53 Å². The molecule has 0 bridgehead atoms. The summed E-state index contributed by atoms with van der Waals surface area (Å²) in [5.74, 6) is 0.667. The number of ether oxygens (including phenoxy) is 1. The third-order valence-corrected chi connectivity index (χ3v) is 3.69. The monoisotopic (exact) mass is 276 g/mol. The second kappa shape index (κ2) is 7.70. The van der Waals surface area contributed by atoms with Crippen molar-refractivity contribution in [3.05, 3.63) is 36.9 Å². The quantitative estimate of drug-likeness (QED) is 0.717. The Bertz CT molecular complexity index is 445. The van der Waals surface area contributed by atoms with E-state index in [9.17, 15) is 4.79 Å². The Labute approximate surface area is 121 Å². The fourth-order valence-electron chi connectivity index (χ4n) is 2.03. The van der Waals surface area contributed by atoms with Crippen LogP contribution >= 0.6 is 0 Å². The number of carbonyl (C=O) groups excluding carboxylic acids is 1. The smallest absolute Gasteiger partial charge is 0.231 e. The minimum absolute atomic E-state index is 0.0362. The van der Waals surface area contributed by atoms with E-state index in [1.807, 2.05) is 32.0 Å². The molecule has 0 atom stereocenters. The van der Waals surface area contributed by atoms with Gasteiger partial charge >= 0.3 is 0 Å². The SMILES string of the molecule is C=CCOc1cccc(NC(=O)C(CC)(CC)CN)c1. The van der Waals surface area contributed by atoms with Crippen LogP contribution in [0.3, 0.4) is 0 Å². The highest BCUT2D eigenvalue weighted by molar-refractivity contribution is 5.95. The summed E-state index contributed by atoms with van der Waals surface area (Å²) >= 11 is 0. The Morgan fingerprint density at radius 2 is 2.15 bits per heavy atom. The lowest BCUT2D eigenvalue weighted by molar-refractivity contribution is -0.125. The molecule has 20 heavy (non-hydrogen) atoms. The van der Waals surface area contributed by atoms with Crippen LogP contribution in [0, 0.1) is 5.41 Å². The summed E-state index contributed by atoms with van der Waals surface area (Å²) < 4.78 is 5.45. The zero-order chi connectivity index (χ0) is 15.0. The molecule has 110 valence electrons. The van der Waals surface area contributed by atoms with Gasteiger partial charge in [-0.2, -0.15) is 0 Å². The van der Waals surface area contributed by atoms with Crippen molar-refractivity contribution in [2.75, 3.05) is 18.5 Å². The first-order chi connectivity index (χ1) is 9.61. The molecule has 0 saturated heterocycles. The van der Waals surface area contributed by atoms with E-state index in [4.69, 9.17) is 10.5 Å². The molecule has 0 aromatic heterocycles. The maximum absolute atomic E-state index is 12.4. The van der Waals surface area contributed by atoms with Crippen LogP contribution in [0.15, 0.2) is 36.9 Å². The normalized spacial score (nSPS) is 10.9. The molecule has 4 heteroatoms. The lowest BCUT2D eigenvalue weighted by Crippen LogP contribution is -2.41. The number of rotatable bonds is 8. The van der Waals surface area contributed by atoms with Gasteiger partial charge in [-0.05, 0) is 25.0 Å². The third kappa shape index (κ3) is 3.84. The third-order valence-electron chi connectivity index (χ3n) is 3.69.